The molecule has 2 aromatic carbocycles. The van der Waals surface area contributed by atoms with Crippen LogP contribution in [-0.2, 0) is 10.0 Å². The first-order valence-corrected chi connectivity index (χ1v) is 9.83. The molecule has 0 atom stereocenters. The van der Waals surface area contributed by atoms with Crippen LogP contribution in [0.2, 0.25) is 0 Å². The Balaban J connectivity index is 1.72. The van der Waals surface area contributed by atoms with E-state index in [0.717, 1.165) is 11.3 Å². The summed E-state index contributed by atoms with van der Waals surface area (Å²) < 4.78 is 32.5. The summed E-state index contributed by atoms with van der Waals surface area (Å²) in [5.41, 5.74) is 3.65. The third-order valence-electron chi connectivity index (χ3n) is 4.03. The van der Waals surface area contributed by atoms with Gasteiger partial charge in [0.15, 0.2) is 0 Å². The Morgan fingerprint density at radius 2 is 1.70 bits per heavy atom. The first-order chi connectivity index (χ1) is 12.9. The van der Waals surface area contributed by atoms with E-state index < -0.39 is 10.0 Å². The van der Waals surface area contributed by atoms with Gasteiger partial charge in [-0.25, -0.2) is 13.4 Å². The molecule has 0 fully saturated rings. The van der Waals surface area contributed by atoms with Crippen LogP contribution in [0, 0.1) is 13.8 Å². The Hall–Kier alpha value is -3.06. The summed E-state index contributed by atoms with van der Waals surface area (Å²) in [6.45, 7) is 4.06. The maximum absolute atomic E-state index is 12.5. The minimum atomic E-state index is -3.69. The van der Waals surface area contributed by atoms with Crippen LogP contribution in [0.4, 0.5) is 17.2 Å². The molecule has 0 spiro atoms. The zero-order chi connectivity index (χ0) is 19.4. The molecule has 2 N–H and O–H groups in total. The summed E-state index contributed by atoms with van der Waals surface area (Å²) in [6.07, 6.45) is 1.48. The van der Waals surface area contributed by atoms with Crippen LogP contribution in [0.25, 0.3) is 0 Å². The topological polar surface area (TPSA) is 80.3 Å². The van der Waals surface area contributed by atoms with Crippen molar-refractivity contribution in [1.82, 2.24) is 4.98 Å². The van der Waals surface area contributed by atoms with Gasteiger partial charge < -0.3 is 10.1 Å². The molecule has 27 heavy (non-hydrogen) atoms. The number of hydrogen-bond donors (Lipinski definition) is 2. The Morgan fingerprint density at radius 3 is 2.30 bits per heavy atom. The Labute approximate surface area is 159 Å². The largest absolute Gasteiger partial charge is 0.497 e. The van der Waals surface area contributed by atoms with Crippen LogP contribution < -0.4 is 14.8 Å². The van der Waals surface area contributed by atoms with E-state index in [1.807, 2.05) is 26.0 Å². The predicted octanol–water partition coefficient (Wildman–Crippen LogP) is 4.25. The monoisotopic (exact) mass is 383 g/mol. The molecule has 3 aromatic rings. The molecule has 0 aliphatic heterocycles. The number of hydrogen-bond acceptors (Lipinski definition) is 5. The SMILES string of the molecule is COc1ccc(S(=O)(=O)Nc2ccc(Nc3ccc(C)cc3C)nc2)cc1. The van der Waals surface area contributed by atoms with Gasteiger partial charge in [-0.15, -0.1) is 0 Å². The molecule has 3 rings (SSSR count). The molecule has 0 saturated carbocycles. The number of nitrogens with zero attached hydrogens (tertiary/aromatic N) is 1. The zero-order valence-electron chi connectivity index (χ0n) is 15.4. The second-order valence-electron chi connectivity index (χ2n) is 6.16. The van der Waals surface area contributed by atoms with Crippen molar-refractivity contribution in [2.45, 2.75) is 18.7 Å². The van der Waals surface area contributed by atoms with E-state index in [4.69, 9.17) is 4.74 Å². The highest BCUT2D eigenvalue weighted by molar-refractivity contribution is 7.92. The summed E-state index contributed by atoms with van der Waals surface area (Å²) >= 11 is 0. The minimum Gasteiger partial charge on any atom is -0.497 e. The number of aryl methyl sites for hydroxylation is 2. The molecular weight excluding hydrogens is 362 g/mol. The first-order valence-electron chi connectivity index (χ1n) is 8.34. The number of ether oxygens (including phenoxy) is 1. The molecular formula is C20H21N3O3S. The van der Waals surface area contributed by atoms with Crippen molar-refractivity contribution in [2.24, 2.45) is 0 Å². The van der Waals surface area contributed by atoms with E-state index in [9.17, 15) is 8.42 Å². The van der Waals surface area contributed by atoms with Crippen LogP contribution in [-0.4, -0.2) is 20.5 Å². The predicted molar refractivity (Wildman–Crippen MR) is 107 cm³/mol. The van der Waals surface area contributed by atoms with Crippen LogP contribution in [0.1, 0.15) is 11.1 Å². The van der Waals surface area contributed by atoms with E-state index in [-0.39, 0.29) is 4.90 Å². The highest BCUT2D eigenvalue weighted by Gasteiger charge is 2.14. The lowest BCUT2D eigenvalue weighted by atomic mass is 10.1. The van der Waals surface area contributed by atoms with Gasteiger partial charge in [-0.1, -0.05) is 17.7 Å². The lowest BCUT2D eigenvalue weighted by Crippen LogP contribution is -2.13. The summed E-state index contributed by atoms with van der Waals surface area (Å²) in [4.78, 5) is 4.44. The summed E-state index contributed by atoms with van der Waals surface area (Å²) in [6, 6.07) is 15.7. The van der Waals surface area contributed by atoms with Crippen LogP contribution in [0.3, 0.4) is 0 Å². The molecule has 0 aliphatic carbocycles. The molecule has 1 aromatic heterocycles. The van der Waals surface area contributed by atoms with Gasteiger partial charge in [-0.3, -0.25) is 4.72 Å². The highest BCUT2D eigenvalue weighted by atomic mass is 32.2. The summed E-state index contributed by atoms with van der Waals surface area (Å²) in [7, 11) is -2.16. The zero-order valence-corrected chi connectivity index (χ0v) is 16.2. The number of methoxy groups -OCH3 is 1. The van der Waals surface area contributed by atoms with Crippen LogP contribution >= 0.6 is 0 Å². The van der Waals surface area contributed by atoms with Gasteiger partial charge in [0.1, 0.15) is 11.6 Å². The van der Waals surface area contributed by atoms with E-state index in [1.165, 1.54) is 31.0 Å². The van der Waals surface area contributed by atoms with Crippen molar-refractivity contribution in [3.63, 3.8) is 0 Å². The Morgan fingerprint density at radius 1 is 0.963 bits per heavy atom. The lowest BCUT2D eigenvalue weighted by Gasteiger charge is -2.11. The van der Waals surface area contributed by atoms with Crippen molar-refractivity contribution in [3.05, 3.63) is 71.9 Å². The third kappa shape index (κ3) is 4.57. The number of rotatable bonds is 6. The summed E-state index contributed by atoms with van der Waals surface area (Å²) in [5.74, 6) is 1.23. The van der Waals surface area contributed by atoms with Gasteiger partial charge in [0.25, 0.3) is 10.0 Å². The van der Waals surface area contributed by atoms with Gasteiger partial charge in [-0.05, 0) is 61.9 Å². The molecule has 1 heterocycles. The van der Waals surface area contributed by atoms with Crippen molar-refractivity contribution in [3.8, 4) is 5.75 Å². The molecule has 0 radical (unpaired) electrons. The number of nitrogens with one attached hydrogen (secondary N) is 2. The standard InChI is InChI=1S/C20H21N3O3S/c1-14-4-10-19(15(2)12-14)22-20-11-5-16(13-21-20)23-27(24,25)18-8-6-17(26-3)7-9-18/h4-13,23H,1-3H3,(H,21,22). The van der Waals surface area contributed by atoms with E-state index >= 15 is 0 Å². The van der Waals surface area contributed by atoms with Crippen molar-refractivity contribution < 1.29 is 13.2 Å². The lowest BCUT2D eigenvalue weighted by molar-refractivity contribution is 0.414. The maximum Gasteiger partial charge on any atom is 0.261 e. The smallest absolute Gasteiger partial charge is 0.261 e. The average Bonchev–Trinajstić information content (AvgIpc) is 2.65. The third-order valence-corrected chi connectivity index (χ3v) is 5.43. The minimum absolute atomic E-state index is 0.154. The van der Waals surface area contributed by atoms with Gasteiger partial charge in [-0.2, -0.15) is 0 Å². The molecule has 0 saturated heterocycles. The van der Waals surface area contributed by atoms with Gasteiger partial charge in [0.05, 0.1) is 23.9 Å². The van der Waals surface area contributed by atoms with Gasteiger partial charge >= 0.3 is 0 Å². The number of sulfonamides is 1. The van der Waals surface area contributed by atoms with Crippen LogP contribution in [0.5, 0.6) is 5.75 Å². The van der Waals surface area contributed by atoms with E-state index in [1.54, 1.807) is 24.3 Å². The Kier molecular flexibility index (Phi) is 5.32. The molecule has 6 nitrogen and oxygen atoms in total. The quantitative estimate of drug-likeness (QED) is 0.665. The summed E-state index contributed by atoms with van der Waals surface area (Å²) in [5, 5.41) is 3.23. The highest BCUT2D eigenvalue weighted by Crippen LogP contribution is 2.22. The fourth-order valence-electron chi connectivity index (χ4n) is 2.59. The average molecular weight is 383 g/mol. The molecule has 0 bridgehead atoms. The maximum atomic E-state index is 12.5. The number of benzene rings is 2. The number of aromatic nitrogens is 1. The molecule has 0 amide bonds. The molecule has 0 unspecified atom stereocenters. The van der Waals surface area contributed by atoms with Gasteiger partial charge in [0, 0.05) is 5.69 Å². The number of anilines is 3. The van der Waals surface area contributed by atoms with Crippen molar-refractivity contribution >= 4 is 27.2 Å². The van der Waals surface area contributed by atoms with Crippen molar-refractivity contribution in [2.75, 3.05) is 17.1 Å². The first kappa shape index (κ1) is 18.7. The normalized spacial score (nSPS) is 11.1. The fraction of sp³-hybridized carbons (Fsp3) is 0.150. The van der Waals surface area contributed by atoms with E-state index in [0.29, 0.717) is 17.3 Å². The molecule has 140 valence electrons. The molecule has 0 aliphatic rings. The fourth-order valence-corrected chi connectivity index (χ4v) is 3.63. The second kappa shape index (κ2) is 7.67. The second-order valence-corrected chi connectivity index (χ2v) is 7.84. The van der Waals surface area contributed by atoms with E-state index in [2.05, 4.69) is 21.1 Å². The number of pyridine rings is 1. The van der Waals surface area contributed by atoms with Crippen molar-refractivity contribution in [1.29, 1.82) is 0 Å². The van der Waals surface area contributed by atoms with Gasteiger partial charge in [0.2, 0.25) is 0 Å². The van der Waals surface area contributed by atoms with Crippen LogP contribution in [0.15, 0.2) is 65.7 Å². The Bertz CT molecular complexity index is 1030. The molecule has 7 heteroatoms.